The van der Waals surface area contributed by atoms with Crippen LogP contribution in [0.3, 0.4) is 0 Å². The molecule has 2 amide bonds. The van der Waals surface area contributed by atoms with Gasteiger partial charge in [0.1, 0.15) is 0 Å². The number of nitrogens with zero attached hydrogens (tertiary/aromatic N) is 2. The van der Waals surface area contributed by atoms with Gasteiger partial charge in [0.05, 0.1) is 12.1 Å². The van der Waals surface area contributed by atoms with Crippen LogP contribution >= 0.6 is 0 Å². The Hall–Kier alpha value is -2.76. The number of carbonyl (C=O) groups excluding carboxylic acids is 2. The molecule has 0 aliphatic heterocycles. The average Bonchev–Trinajstić information content (AvgIpc) is 2.71. The van der Waals surface area contributed by atoms with E-state index in [1.165, 1.54) is 14.1 Å². The largest absolute Gasteiger partial charge is 0.401 e. The molecule has 0 unspecified atom stereocenters. The van der Waals surface area contributed by atoms with Crippen LogP contribution in [0, 0.1) is 0 Å². The van der Waals surface area contributed by atoms with Gasteiger partial charge < -0.3 is 9.80 Å². The highest BCUT2D eigenvalue weighted by Crippen LogP contribution is 2.29. The molecule has 2 rings (SSSR count). The minimum Gasteiger partial charge on any atom is -0.333 e. The first-order valence-electron chi connectivity index (χ1n) is 8.70. The maximum Gasteiger partial charge on any atom is 0.401 e. The number of halogens is 2. The molecule has 2 aromatic rings. The molecule has 0 aliphatic carbocycles. The Bertz CT molecular complexity index is 716. The molecule has 0 saturated carbocycles. The van der Waals surface area contributed by atoms with Crippen molar-refractivity contribution in [3.05, 3.63) is 71.8 Å². The average molecular weight is 374 g/mol. The SMILES string of the molecule is C[C@H](c1ccccc1)N(C)C(=O)C(F)(F)C(=O)N(C)[C@H](C)c1ccccc1. The molecule has 0 radical (unpaired) electrons. The minimum atomic E-state index is -4.14. The second-order valence-electron chi connectivity index (χ2n) is 6.58. The number of alkyl halides is 2. The van der Waals surface area contributed by atoms with Crippen LogP contribution < -0.4 is 0 Å². The summed E-state index contributed by atoms with van der Waals surface area (Å²) in [5.41, 5.74) is 1.42. The fraction of sp³-hybridized carbons (Fsp3) is 0.333. The lowest BCUT2D eigenvalue weighted by molar-refractivity contribution is -0.174. The number of hydrogen-bond donors (Lipinski definition) is 0. The summed E-state index contributed by atoms with van der Waals surface area (Å²) in [5, 5.41) is 0. The van der Waals surface area contributed by atoms with E-state index < -0.39 is 29.8 Å². The number of carbonyl (C=O) groups is 2. The fourth-order valence-electron chi connectivity index (χ4n) is 2.80. The van der Waals surface area contributed by atoms with Crippen LogP contribution in [-0.4, -0.2) is 41.6 Å². The van der Waals surface area contributed by atoms with E-state index >= 15 is 0 Å². The summed E-state index contributed by atoms with van der Waals surface area (Å²) in [6.07, 6.45) is 0. The molecular weight excluding hydrogens is 350 g/mol. The number of benzene rings is 2. The molecule has 144 valence electrons. The zero-order chi connectivity index (χ0) is 20.2. The van der Waals surface area contributed by atoms with Gasteiger partial charge in [-0.05, 0) is 25.0 Å². The highest BCUT2D eigenvalue weighted by Gasteiger charge is 2.52. The van der Waals surface area contributed by atoms with Crippen molar-refractivity contribution in [2.24, 2.45) is 0 Å². The first-order valence-corrected chi connectivity index (χ1v) is 8.70. The summed E-state index contributed by atoms with van der Waals surface area (Å²) >= 11 is 0. The van der Waals surface area contributed by atoms with Crippen LogP contribution in [0.5, 0.6) is 0 Å². The Morgan fingerprint density at radius 1 is 0.741 bits per heavy atom. The summed E-state index contributed by atoms with van der Waals surface area (Å²) in [4.78, 5) is 26.6. The quantitative estimate of drug-likeness (QED) is 0.716. The molecule has 2 atom stereocenters. The van der Waals surface area contributed by atoms with Gasteiger partial charge in [0.2, 0.25) is 0 Å². The maximum absolute atomic E-state index is 14.7. The Morgan fingerprint density at radius 2 is 1.04 bits per heavy atom. The van der Waals surface area contributed by atoms with Gasteiger partial charge in [-0.2, -0.15) is 8.78 Å². The van der Waals surface area contributed by atoms with Crippen LogP contribution in [0.1, 0.15) is 37.1 Å². The monoisotopic (exact) mass is 374 g/mol. The molecule has 0 aliphatic rings. The molecule has 6 heteroatoms. The maximum atomic E-state index is 14.7. The smallest absolute Gasteiger partial charge is 0.333 e. The molecule has 27 heavy (non-hydrogen) atoms. The van der Waals surface area contributed by atoms with E-state index in [0.29, 0.717) is 11.1 Å². The van der Waals surface area contributed by atoms with Gasteiger partial charge in [-0.25, -0.2) is 0 Å². The van der Waals surface area contributed by atoms with E-state index in [2.05, 4.69) is 0 Å². The Balaban J connectivity index is 2.17. The Kier molecular flexibility index (Phi) is 6.31. The topological polar surface area (TPSA) is 40.6 Å². The first-order chi connectivity index (χ1) is 12.7. The van der Waals surface area contributed by atoms with E-state index in [0.717, 1.165) is 9.80 Å². The van der Waals surface area contributed by atoms with Crippen molar-refractivity contribution in [2.45, 2.75) is 31.9 Å². The zero-order valence-corrected chi connectivity index (χ0v) is 15.9. The van der Waals surface area contributed by atoms with E-state index in [4.69, 9.17) is 0 Å². The summed E-state index contributed by atoms with van der Waals surface area (Å²) in [7, 11) is 2.56. The molecule has 4 nitrogen and oxygen atoms in total. The van der Waals surface area contributed by atoms with Crippen molar-refractivity contribution in [3.8, 4) is 0 Å². The lowest BCUT2D eigenvalue weighted by atomic mass is 10.1. The minimum absolute atomic E-state index is 0.589. The number of hydrogen-bond acceptors (Lipinski definition) is 2. The van der Waals surface area contributed by atoms with Gasteiger partial charge in [0.15, 0.2) is 0 Å². The van der Waals surface area contributed by atoms with Crippen molar-refractivity contribution < 1.29 is 18.4 Å². The van der Waals surface area contributed by atoms with Crippen molar-refractivity contribution in [1.29, 1.82) is 0 Å². The molecule has 0 spiro atoms. The highest BCUT2D eigenvalue weighted by atomic mass is 19.3. The van der Waals surface area contributed by atoms with Crippen LogP contribution in [0.25, 0.3) is 0 Å². The van der Waals surface area contributed by atoms with Crippen molar-refractivity contribution in [1.82, 2.24) is 9.80 Å². The predicted octanol–water partition coefficient (Wildman–Crippen LogP) is 4.06. The van der Waals surface area contributed by atoms with E-state index in [-0.39, 0.29) is 0 Å². The van der Waals surface area contributed by atoms with Crippen molar-refractivity contribution in [3.63, 3.8) is 0 Å². The molecule has 0 fully saturated rings. The molecule has 0 bridgehead atoms. The van der Waals surface area contributed by atoms with Crippen LogP contribution in [0.15, 0.2) is 60.7 Å². The third-order valence-electron chi connectivity index (χ3n) is 4.90. The second kappa shape index (κ2) is 8.29. The van der Waals surface area contributed by atoms with Gasteiger partial charge >= 0.3 is 17.7 Å². The van der Waals surface area contributed by atoms with E-state index in [9.17, 15) is 18.4 Å². The highest BCUT2D eigenvalue weighted by molar-refractivity contribution is 6.06. The molecule has 0 N–H and O–H groups in total. The standard InChI is InChI=1S/C21H24F2N2O2/c1-15(17-11-7-5-8-12-17)24(3)19(26)21(22,23)20(27)25(4)16(2)18-13-9-6-10-14-18/h5-16H,1-4H3/t15-,16-/m1/s1. The molecular formula is C21H24F2N2O2. The zero-order valence-electron chi connectivity index (χ0n) is 15.9. The molecule has 0 aromatic heterocycles. The van der Waals surface area contributed by atoms with Gasteiger partial charge in [-0.15, -0.1) is 0 Å². The Labute approximate surface area is 158 Å². The molecule has 0 saturated heterocycles. The lowest BCUT2D eigenvalue weighted by Gasteiger charge is -2.32. The van der Waals surface area contributed by atoms with Gasteiger partial charge in [-0.3, -0.25) is 9.59 Å². The van der Waals surface area contributed by atoms with Crippen LogP contribution in [-0.2, 0) is 9.59 Å². The van der Waals surface area contributed by atoms with Gasteiger partial charge in [0.25, 0.3) is 0 Å². The normalized spacial score (nSPS) is 13.6. The second-order valence-corrected chi connectivity index (χ2v) is 6.58. The fourth-order valence-corrected chi connectivity index (χ4v) is 2.80. The van der Waals surface area contributed by atoms with Gasteiger partial charge in [0, 0.05) is 14.1 Å². The summed E-state index contributed by atoms with van der Waals surface area (Å²) in [5.74, 6) is -7.18. The molecule has 2 aromatic carbocycles. The predicted molar refractivity (Wildman–Crippen MR) is 100 cm³/mol. The van der Waals surface area contributed by atoms with Crippen LogP contribution in [0.4, 0.5) is 8.78 Å². The number of rotatable bonds is 6. The summed E-state index contributed by atoms with van der Waals surface area (Å²) < 4.78 is 29.4. The van der Waals surface area contributed by atoms with E-state index in [1.54, 1.807) is 74.5 Å². The third kappa shape index (κ3) is 4.32. The van der Waals surface area contributed by atoms with E-state index in [1.807, 2.05) is 0 Å². The van der Waals surface area contributed by atoms with Crippen LogP contribution in [0.2, 0.25) is 0 Å². The first kappa shape index (κ1) is 20.6. The summed E-state index contributed by atoms with van der Waals surface area (Å²) in [6, 6.07) is 16.5. The molecule has 0 heterocycles. The lowest BCUT2D eigenvalue weighted by Crippen LogP contribution is -2.52. The van der Waals surface area contributed by atoms with Crippen molar-refractivity contribution in [2.75, 3.05) is 14.1 Å². The van der Waals surface area contributed by atoms with Gasteiger partial charge in [-0.1, -0.05) is 60.7 Å². The summed E-state index contributed by atoms with van der Waals surface area (Å²) in [6.45, 7) is 3.29. The third-order valence-corrected chi connectivity index (χ3v) is 4.90. The van der Waals surface area contributed by atoms with Crippen molar-refractivity contribution >= 4 is 11.8 Å². The Morgan fingerprint density at radius 3 is 1.33 bits per heavy atom. The number of amides is 2.